The maximum Gasteiger partial charge on any atom is 0.245 e. The van der Waals surface area contributed by atoms with Gasteiger partial charge >= 0.3 is 0 Å². The summed E-state index contributed by atoms with van der Waals surface area (Å²) in [4.78, 5) is 29.9. The Bertz CT molecular complexity index is 1070. The number of nitrogens with zero attached hydrogens (tertiary/aromatic N) is 3. The summed E-state index contributed by atoms with van der Waals surface area (Å²) in [6.45, 7) is 4.01. The van der Waals surface area contributed by atoms with Crippen LogP contribution in [0.25, 0.3) is 16.9 Å². The number of rotatable bonds is 5. The number of hydrogen-bond acceptors (Lipinski definition) is 5. The number of thioether (sulfide) groups is 1. The molecule has 29 heavy (non-hydrogen) atoms. The molecule has 1 aliphatic heterocycles. The van der Waals surface area contributed by atoms with Crippen LogP contribution in [-0.4, -0.2) is 44.4 Å². The largest absolute Gasteiger partial charge is 0.323 e. The van der Waals surface area contributed by atoms with E-state index < -0.39 is 0 Å². The lowest BCUT2D eigenvalue weighted by atomic mass is 10.2. The molecule has 3 aromatic rings. The third-order valence-electron chi connectivity index (χ3n) is 4.70. The van der Waals surface area contributed by atoms with Crippen LogP contribution in [0.5, 0.6) is 0 Å². The van der Waals surface area contributed by atoms with Gasteiger partial charge in [-0.25, -0.2) is 9.37 Å². The summed E-state index contributed by atoms with van der Waals surface area (Å²) in [5.74, 6) is 0.436. The average Bonchev–Trinajstić information content (AvgIpc) is 3.37. The van der Waals surface area contributed by atoms with E-state index in [4.69, 9.17) is 0 Å². The summed E-state index contributed by atoms with van der Waals surface area (Å²) >= 11 is 2.85. The van der Waals surface area contributed by atoms with E-state index in [1.54, 1.807) is 12.1 Å². The van der Waals surface area contributed by atoms with Crippen LogP contribution in [0.4, 0.5) is 9.52 Å². The molecule has 9 heteroatoms. The topological polar surface area (TPSA) is 67.2 Å². The van der Waals surface area contributed by atoms with E-state index in [1.807, 2.05) is 29.9 Å². The Kier molecular flexibility index (Phi) is 5.42. The predicted molar refractivity (Wildman–Crippen MR) is 114 cm³/mol. The average molecular weight is 431 g/mol. The summed E-state index contributed by atoms with van der Waals surface area (Å²) in [5.41, 5.74) is 4.59. The normalized spacial score (nSPS) is 13.9. The molecule has 4 rings (SSSR count). The molecule has 1 aromatic carbocycles. The van der Waals surface area contributed by atoms with Crippen LogP contribution in [0.2, 0.25) is 0 Å². The fraction of sp³-hybridized carbons (Fsp3) is 0.250. The quantitative estimate of drug-likeness (QED) is 0.668. The first kappa shape index (κ1) is 19.7. The van der Waals surface area contributed by atoms with Gasteiger partial charge in [-0.05, 0) is 44.2 Å². The van der Waals surface area contributed by atoms with Gasteiger partial charge in [0.15, 0.2) is 5.13 Å². The van der Waals surface area contributed by atoms with Crippen molar-refractivity contribution >= 4 is 40.0 Å². The number of nitrogens with one attached hydrogen (secondary N) is 1. The monoisotopic (exact) mass is 430 g/mol. The second-order valence-corrected chi connectivity index (χ2v) is 8.57. The van der Waals surface area contributed by atoms with Crippen molar-refractivity contribution in [2.24, 2.45) is 0 Å². The van der Waals surface area contributed by atoms with Crippen LogP contribution in [0.1, 0.15) is 11.4 Å². The second kappa shape index (κ2) is 8.00. The molecule has 3 heterocycles. The van der Waals surface area contributed by atoms with Crippen molar-refractivity contribution in [3.05, 3.63) is 52.9 Å². The minimum absolute atomic E-state index is 0.0155. The SMILES string of the molecule is Cc1cc(-c2csc(NC(=O)CN3CSCC3=O)n2)c(C)n1-c1ccc(F)cc1. The van der Waals surface area contributed by atoms with Gasteiger partial charge in [-0.2, -0.15) is 0 Å². The maximum absolute atomic E-state index is 13.3. The molecule has 0 radical (unpaired) electrons. The lowest BCUT2D eigenvalue weighted by Crippen LogP contribution is -2.34. The summed E-state index contributed by atoms with van der Waals surface area (Å²) in [6, 6.07) is 8.38. The molecule has 1 fully saturated rings. The Labute approximate surface area is 175 Å². The number of thiazole rings is 1. The number of carbonyl (C=O) groups is 2. The molecule has 0 aliphatic carbocycles. The Balaban J connectivity index is 1.52. The van der Waals surface area contributed by atoms with Gasteiger partial charge in [0.1, 0.15) is 12.4 Å². The van der Waals surface area contributed by atoms with E-state index in [1.165, 1.54) is 40.1 Å². The number of hydrogen-bond donors (Lipinski definition) is 1. The first-order valence-electron chi connectivity index (χ1n) is 8.98. The predicted octanol–water partition coefficient (Wildman–Crippen LogP) is 3.83. The van der Waals surface area contributed by atoms with Crippen LogP contribution < -0.4 is 5.32 Å². The van der Waals surface area contributed by atoms with E-state index in [0.29, 0.717) is 16.8 Å². The van der Waals surface area contributed by atoms with Crippen molar-refractivity contribution in [3.8, 4) is 16.9 Å². The Hall–Kier alpha value is -2.65. The molecule has 0 bridgehead atoms. The Morgan fingerprint density at radius 2 is 2.03 bits per heavy atom. The zero-order valence-electron chi connectivity index (χ0n) is 15.9. The van der Waals surface area contributed by atoms with Gasteiger partial charge < -0.3 is 14.8 Å². The highest BCUT2D eigenvalue weighted by Crippen LogP contribution is 2.31. The fourth-order valence-corrected chi connectivity index (χ4v) is 4.97. The van der Waals surface area contributed by atoms with E-state index in [0.717, 1.165) is 28.3 Å². The number of aromatic nitrogens is 2. The first-order valence-corrected chi connectivity index (χ1v) is 11.0. The third-order valence-corrected chi connectivity index (χ3v) is 6.41. The molecule has 6 nitrogen and oxygen atoms in total. The van der Waals surface area contributed by atoms with Gasteiger partial charge in [0.25, 0.3) is 0 Å². The van der Waals surface area contributed by atoms with Crippen LogP contribution in [-0.2, 0) is 9.59 Å². The highest BCUT2D eigenvalue weighted by Gasteiger charge is 2.23. The lowest BCUT2D eigenvalue weighted by molar-refractivity contribution is -0.130. The van der Waals surface area contributed by atoms with Crippen molar-refractivity contribution in [2.75, 3.05) is 23.5 Å². The van der Waals surface area contributed by atoms with Crippen molar-refractivity contribution in [1.29, 1.82) is 0 Å². The summed E-state index contributed by atoms with van der Waals surface area (Å²) < 4.78 is 15.3. The Morgan fingerprint density at radius 3 is 2.72 bits per heavy atom. The molecule has 0 spiro atoms. The van der Waals surface area contributed by atoms with Crippen molar-refractivity contribution in [1.82, 2.24) is 14.5 Å². The number of benzene rings is 1. The van der Waals surface area contributed by atoms with E-state index in [-0.39, 0.29) is 24.2 Å². The highest BCUT2D eigenvalue weighted by molar-refractivity contribution is 8.00. The van der Waals surface area contributed by atoms with E-state index in [9.17, 15) is 14.0 Å². The third kappa shape index (κ3) is 4.06. The standard InChI is InChI=1S/C20H19FN4O2S2/c1-12-7-16(13(2)25(12)15-5-3-14(21)4-6-15)17-9-29-20(22-17)23-18(26)8-24-11-28-10-19(24)27/h3-7,9H,8,10-11H2,1-2H3,(H,22,23,26). The number of amides is 2. The zero-order chi connectivity index (χ0) is 20.5. The van der Waals surface area contributed by atoms with Gasteiger partial charge in [0.05, 0.1) is 17.3 Å². The van der Waals surface area contributed by atoms with Gasteiger partial charge in [-0.3, -0.25) is 9.59 Å². The number of halogens is 1. The minimum atomic E-state index is -0.273. The minimum Gasteiger partial charge on any atom is -0.323 e. The van der Waals surface area contributed by atoms with E-state index >= 15 is 0 Å². The van der Waals surface area contributed by atoms with Gasteiger partial charge in [-0.15, -0.1) is 23.1 Å². The molecule has 0 atom stereocenters. The molecule has 150 valence electrons. The van der Waals surface area contributed by atoms with E-state index in [2.05, 4.69) is 10.3 Å². The second-order valence-electron chi connectivity index (χ2n) is 6.75. The molecular weight excluding hydrogens is 411 g/mol. The first-order chi connectivity index (χ1) is 13.9. The molecule has 2 aromatic heterocycles. The van der Waals surface area contributed by atoms with Crippen molar-refractivity contribution in [2.45, 2.75) is 13.8 Å². The van der Waals surface area contributed by atoms with Gasteiger partial charge in [0.2, 0.25) is 11.8 Å². The van der Waals surface area contributed by atoms with Crippen molar-refractivity contribution < 1.29 is 14.0 Å². The van der Waals surface area contributed by atoms with Crippen LogP contribution in [0.3, 0.4) is 0 Å². The molecule has 1 N–H and O–H groups in total. The summed E-state index contributed by atoms with van der Waals surface area (Å²) in [5, 5.41) is 5.16. The van der Waals surface area contributed by atoms with Crippen molar-refractivity contribution in [3.63, 3.8) is 0 Å². The van der Waals surface area contributed by atoms with Gasteiger partial charge in [-0.1, -0.05) is 0 Å². The summed E-state index contributed by atoms with van der Waals surface area (Å²) in [6.07, 6.45) is 0. The Morgan fingerprint density at radius 1 is 1.28 bits per heavy atom. The number of aryl methyl sites for hydroxylation is 1. The maximum atomic E-state index is 13.3. The van der Waals surface area contributed by atoms with Gasteiger partial charge in [0, 0.05) is 28.0 Å². The molecule has 1 saturated heterocycles. The number of anilines is 1. The van der Waals surface area contributed by atoms with Crippen LogP contribution >= 0.6 is 23.1 Å². The number of carbonyl (C=O) groups excluding carboxylic acids is 2. The van der Waals surface area contributed by atoms with Crippen LogP contribution in [0, 0.1) is 19.7 Å². The highest BCUT2D eigenvalue weighted by atomic mass is 32.2. The van der Waals surface area contributed by atoms with Crippen LogP contribution in [0.15, 0.2) is 35.7 Å². The zero-order valence-corrected chi connectivity index (χ0v) is 17.6. The molecule has 0 saturated carbocycles. The summed E-state index contributed by atoms with van der Waals surface area (Å²) in [7, 11) is 0. The smallest absolute Gasteiger partial charge is 0.245 e. The molecular formula is C20H19FN4O2S2. The lowest BCUT2D eigenvalue weighted by Gasteiger charge is -2.13. The molecule has 0 unspecified atom stereocenters. The molecule has 2 amide bonds. The molecule has 1 aliphatic rings. The fourth-order valence-electron chi connectivity index (χ4n) is 3.34.